The van der Waals surface area contributed by atoms with Crippen molar-refractivity contribution in [3.63, 3.8) is 0 Å². The Hall–Kier alpha value is -2.52. The molecule has 2 heterocycles. The van der Waals surface area contributed by atoms with Crippen molar-refractivity contribution >= 4 is 5.69 Å². The van der Waals surface area contributed by atoms with Gasteiger partial charge in [0.2, 0.25) is 0 Å². The quantitative estimate of drug-likeness (QED) is 0.412. The zero-order valence-corrected chi connectivity index (χ0v) is 20.5. The number of nitrogens with one attached hydrogen (secondary N) is 1. The number of hydrogen-bond donors (Lipinski definition) is 2. The first kappa shape index (κ1) is 24.1. The first-order valence-corrected chi connectivity index (χ1v) is 12.2. The van der Waals surface area contributed by atoms with Gasteiger partial charge in [-0.3, -0.25) is 0 Å². The number of aryl methyl sites for hydroxylation is 2. The molecular weight excluding hydrogens is 390 g/mol. The number of nitrogens with two attached hydrogens (primary N) is 1. The molecular formula is C29H41N3. The first-order valence-electron chi connectivity index (χ1n) is 12.2. The van der Waals surface area contributed by atoms with Crippen molar-refractivity contribution in [3.8, 4) is 0 Å². The monoisotopic (exact) mass is 431 g/mol. The molecule has 32 heavy (non-hydrogen) atoms. The van der Waals surface area contributed by atoms with Crippen LogP contribution >= 0.6 is 0 Å². The summed E-state index contributed by atoms with van der Waals surface area (Å²) in [5, 5.41) is 3.90. The Labute approximate surface area is 195 Å². The van der Waals surface area contributed by atoms with Gasteiger partial charge < -0.3 is 16.0 Å². The summed E-state index contributed by atoms with van der Waals surface area (Å²) >= 11 is 0. The largest absolute Gasteiger partial charge is 0.376 e. The van der Waals surface area contributed by atoms with Crippen molar-refractivity contribution in [1.29, 1.82) is 0 Å². The minimum atomic E-state index is 0.288. The third-order valence-corrected chi connectivity index (χ3v) is 6.87. The lowest BCUT2D eigenvalue weighted by molar-refractivity contribution is 0.481. The smallest absolute Gasteiger partial charge is 0.0682 e. The third kappa shape index (κ3) is 5.10. The van der Waals surface area contributed by atoms with Crippen LogP contribution in [0.3, 0.4) is 0 Å². The highest BCUT2D eigenvalue weighted by Gasteiger charge is 2.34. The fourth-order valence-electron chi connectivity index (χ4n) is 4.78. The van der Waals surface area contributed by atoms with Crippen molar-refractivity contribution in [1.82, 2.24) is 4.90 Å². The van der Waals surface area contributed by atoms with Crippen LogP contribution in [0.25, 0.3) is 0 Å². The lowest BCUT2D eigenvalue weighted by Gasteiger charge is -2.34. The molecule has 2 atom stereocenters. The molecule has 3 nitrogen and oxygen atoms in total. The van der Waals surface area contributed by atoms with Gasteiger partial charge in [0.25, 0.3) is 0 Å². The summed E-state index contributed by atoms with van der Waals surface area (Å²) in [7, 11) is 0. The maximum atomic E-state index is 5.64. The lowest BCUT2D eigenvalue weighted by Crippen LogP contribution is -2.28. The minimum absolute atomic E-state index is 0.288. The van der Waals surface area contributed by atoms with Crippen molar-refractivity contribution in [3.05, 3.63) is 88.8 Å². The molecule has 1 saturated heterocycles. The lowest BCUT2D eigenvalue weighted by atomic mass is 9.87. The Kier molecular flexibility index (Phi) is 8.20. The van der Waals surface area contributed by atoms with E-state index in [4.69, 9.17) is 5.73 Å². The van der Waals surface area contributed by atoms with Crippen LogP contribution in [0, 0.1) is 19.8 Å². The number of anilines is 1. The number of nitrogens with zero attached hydrogens (tertiary/aromatic N) is 1. The van der Waals surface area contributed by atoms with Gasteiger partial charge in [0.05, 0.1) is 6.04 Å². The maximum absolute atomic E-state index is 5.64. The van der Waals surface area contributed by atoms with Gasteiger partial charge >= 0.3 is 0 Å². The van der Waals surface area contributed by atoms with Crippen LogP contribution < -0.4 is 11.1 Å². The standard InChI is InChI=1S/C29H41N3/c1-7-12-25-23(6)32-16-14-27(29(32)19-26(25)20(3)8-2)31-28-18-22(5)21(4)17-24(28)13-10-9-11-15-30/h8-10,17-20,27,31H,2,6-7,11-16,30H2,1,3-5H3/b10-9+. The van der Waals surface area contributed by atoms with E-state index in [-0.39, 0.29) is 6.04 Å². The van der Waals surface area contributed by atoms with Crippen LogP contribution in [-0.2, 0) is 6.42 Å². The van der Waals surface area contributed by atoms with Gasteiger partial charge in [-0.25, -0.2) is 0 Å². The molecule has 2 aliphatic rings. The zero-order chi connectivity index (χ0) is 23.3. The van der Waals surface area contributed by atoms with Gasteiger partial charge in [0, 0.05) is 23.6 Å². The summed E-state index contributed by atoms with van der Waals surface area (Å²) in [5.41, 5.74) is 16.2. The van der Waals surface area contributed by atoms with Crippen LogP contribution in [0.15, 0.2) is 72.1 Å². The molecule has 1 aromatic rings. The van der Waals surface area contributed by atoms with Crippen molar-refractivity contribution in [2.75, 3.05) is 18.4 Å². The molecule has 2 aliphatic heterocycles. The molecule has 0 aromatic heterocycles. The number of benzene rings is 1. The minimum Gasteiger partial charge on any atom is -0.376 e. The maximum Gasteiger partial charge on any atom is 0.0682 e. The summed E-state index contributed by atoms with van der Waals surface area (Å²) in [6, 6.07) is 4.93. The highest BCUT2D eigenvalue weighted by molar-refractivity contribution is 5.59. The summed E-state index contributed by atoms with van der Waals surface area (Å²) in [4.78, 5) is 2.43. The van der Waals surface area contributed by atoms with E-state index < -0.39 is 0 Å². The summed E-state index contributed by atoms with van der Waals surface area (Å²) in [5.74, 6) is 0.328. The zero-order valence-electron chi connectivity index (χ0n) is 20.5. The van der Waals surface area contributed by atoms with Gasteiger partial charge in [0.15, 0.2) is 0 Å². The van der Waals surface area contributed by atoms with E-state index in [9.17, 15) is 0 Å². The van der Waals surface area contributed by atoms with Gasteiger partial charge in [-0.05, 0) is 92.0 Å². The average Bonchev–Trinajstić information content (AvgIpc) is 3.18. The van der Waals surface area contributed by atoms with Gasteiger partial charge in [-0.1, -0.05) is 51.1 Å². The third-order valence-electron chi connectivity index (χ3n) is 6.87. The first-order chi connectivity index (χ1) is 15.4. The van der Waals surface area contributed by atoms with E-state index in [2.05, 4.69) is 87.5 Å². The molecule has 0 aliphatic carbocycles. The normalized spacial score (nSPS) is 19.4. The molecule has 1 aromatic carbocycles. The summed E-state index contributed by atoms with van der Waals surface area (Å²) < 4.78 is 0. The number of fused-ring (bicyclic) bond motifs is 1. The Balaban J connectivity index is 1.93. The molecule has 172 valence electrons. The average molecular weight is 432 g/mol. The highest BCUT2D eigenvalue weighted by atomic mass is 15.2. The summed E-state index contributed by atoms with van der Waals surface area (Å²) in [6.07, 6.45) is 14.0. The van der Waals surface area contributed by atoms with Crippen LogP contribution in [0.2, 0.25) is 0 Å². The van der Waals surface area contributed by atoms with Crippen LogP contribution in [0.5, 0.6) is 0 Å². The second-order valence-electron chi connectivity index (χ2n) is 9.21. The molecule has 0 amide bonds. The van der Waals surface area contributed by atoms with Crippen LogP contribution in [0.4, 0.5) is 5.69 Å². The van der Waals surface area contributed by atoms with E-state index >= 15 is 0 Å². The Bertz CT molecular complexity index is 947. The molecule has 0 bridgehead atoms. The van der Waals surface area contributed by atoms with Crippen molar-refractivity contribution in [2.24, 2.45) is 11.7 Å². The van der Waals surface area contributed by atoms with Gasteiger partial charge in [-0.2, -0.15) is 0 Å². The van der Waals surface area contributed by atoms with Crippen molar-refractivity contribution < 1.29 is 0 Å². The molecule has 0 spiro atoms. The molecule has 2 unspecified atom stereocenters. The Morgan fingerprint density at radius 1 is 1.25 bits per heavy atom. The van der Waals surface area contributed by atoms with Crippen LogP contribution in [-0.4, -0.2) is 24.0 Å². The highest BCUT2D eigenvalue weighted by Crippen LogP contribution is 2.41. The van der Waals surface area contributed by atoms with Crippen LogP contribution in [0.1, 0.15) is 56.2 Å². The van der Waals surface area contributed by atoms with Crippen molar-refractivity contribution in [2.45, 2.75) is 65.8 Å². The predicted octanol–water partition coefficient (Wildman–Crippen LogP) is 6.57. The van der Waals surface area contributed by atoms with E-state index in [0.29, 0.717) is 12.5 Å². The molecule has 3 heteroatoms. The fraction of sp³-hybridized carbons (Fsp3) is 0.448. The fourth-order valence-corrected chi connectivity index (χ4v) is 4.78. The van der Waals surface area contributed by atoms with E-state index in [1.807, 2.05) is 0 Å². The molecule has 0 saturated carbocycles. The Morgan fingerprint density at radius 2 is 2.00 bits per heavy atom. The SMILES string of the molecule is C=CC(C)C1=C(CCC)C(=C)N2CCC(Nc3cc(C)c(C)cc3C/C=C/CCN)C2=C1. The van der Waals surface area contributed by atoms with E-state index in [1.165, 1.54) is 44.9 Å². The molecule has 3 N–H and O–H groups in total. The number of hydrogen-bond acceptors (Lipinski definition) is 3. The molecule has 1 fully saturated rings. The second-order valence-corrected chi connectivity index (χ2v) is 9.21. The topological polar surface area (TPSA) is 41.3 Å². The Morgan fingerprint density at radius 3 is 2.69 bits per heavy atom. The van der Waals surface area contributed by atoms with Gasteiger partial charge in [-0.15, -0.1) is 6.58 Å². The summed E-state index contributed by atoms with van der Waals surface area (Å²) in [6.45, 7) is 19.2. The number of rotatable bonds is 10. The second kappa shape index (κ2) is 10.9. The van der Waals surface area contributed by atoms with E-state index in [0.717, 1.165) is 38.6 Å². The predicted molar refractivity (Wildman–Crippen MR) is 140 cm³/mol. The molecule has 0 radical (unpaired) electrons. The van der Waals surface area contributed by atoms with Gasteiger partial charge in [0.1, 0.15) is 0 Å². The number of allylic oxidation sites excluding steroid dienone is 5. The molecule has 3 rings (SSSR count). The van der Waals surface area contributed by atoms with E-state index in [1.54, 1.807) is 0 Å².